The summed E-state index contributed by atoms with van der Waals surface area (Å²) in [7, 11) is 0. The van der Waals surface area contributed by atoms with Crippen molar-refractivity contribution >= 4 is 11.6 Å². The summed E-state index contributed by atoms with van der Waals surface area (Å²) in [6, 6.07) is -0.328. The maximum absolute atomic E-state index is 13.8. The van der Waals surface area contributed by atoms with Crippen molar-refractivity contribution in [2.75, 3.05) is 13.2 Å². The summed E-state index contributed by atoms with van der Waals surface area (Å²) >= 11 is 0. The molecule has 6 nitrogen and oxygen atoms in total. The lowest BCUT2D eigenvalue weighted by molar-refractivity contribution is -0.180. The summed E-state index contributed by atoms with van der Waals surface area (Å²) in [5.41, 5.74) is -4.91. The van der Waals surface area contributed by atoms with Crippen LogP contribution in [-0.2, 0) is 23.8 Å². The van der Waals surface area contributed by atoms with E-state index in [0.29, 0.717) is 6.42 Å². The number of carbonyl (C=O) groups is 2. The van der Waals surface area contributed by atoms with Gasteiger partial charge in [-0.25, -0.2) is 0 Å². The summed E-state index contributed by atoms with van der Waals surface area (Å²) in [4.78, 5) is 26.1. The molecule has 4 aliphatic carbocycles. The zero-order valence-electron chi connectivity index (χ0n) is 24.4. The van der Waals surface area contributed by atoms with Gasteiger partial charge in [-0.05, 0) is 76.3 Å². The first-order valence-corrected chi connectivity index (χ1v) is 11.6. The molecule has 1 spiro atoms. The first kappa shape index (κ1) is 17.1. The van der Waals surface area contributed by atoms with Crippen molar-refractivity contribution in [2.45, 2.75) is 83.9 Å². The normalized spacial score (nSPS) is 54.1. The molecule has 3 unspecified atom stereocenters. The number of hydrogen-bond acceptors (Lipinski definition) is 6. The van der Waals surface area contributed by atoms with E-state index in [0.717, 1.165) is 0 Å². The molecule has 0 bridgehead atoms. The fraction of sp³-hybridized carbons (Fsp3) is 0.769. The number of aliphatic hydroxyl groups is 1. The molecular formula is C26H36O6. The highest BCUT2D eigenvalue weighted by atomic mass is 16.7. The van der Waals surface area contributed by atoms with Crippen LogP contribution < -0.4 is 0 Å². The molecule has 1 N–H and O–H groups in total. The monoisotopic (exact) mass is 449 g/mol. The first-order valence-electron chi connectivity index (χ1n) is 14.1. The molecule has 0 aromatic carbocycles. The fourth-order valence-corrected chi connectivity index (χ4v) is 7.47. The number of ketones is 2. The Labute approximate surface area is 197 Å². The van der Waals surface area contributed by atoms with E-state index in [1.165, 1.54) is 13.0 Å². The van der Waals surface area contributed by atoms with Crippen LogP contribution >= 0.6 is 0 Å². The number of Topliss-reactive ketones (excluding diaryl/α,β-unsaturated/α-hetero) is 1. The number of epoxide rings is 1. The summed E-state index contributed by atoms with van der Waals surface area (Å²) in [6.45, 7) is 6.03. The summed E-state index contributed by atoms with van der Waals surface area (Å²) in [6.07, 6.45) is 0.225. The molecule has 5 aliphatic rings. The third-order valence-electron chi connectivity index (χ3n) is 9.13. The second kappa shape index (κ2) is 7.08. The van der Waals surface area contributed by atoms with Crippen LogP contribution in [0.1, 0.15) is 67.1 Å². The van der Waals surface area contributed by atoms with Crippen molar-refractivity contribution in [1.82, 2.24) is 0 Å². The van der Waals surface area contributed by atoms with E-state index >= 15 is 0 Å². The minimum atomic E-state index is -2.80. The summed E-state index contributed by atoms with van der Waals surface area (Å²) in [5, 5.41) is 12.1. The second-order valence-electron chi connectivity index (χ2n) is 10.5. The molecule has 176 valence electrons. The summed E-state index contributed by atoms with van der Waals surface area (Å²) in [5.74, 6) is -2.97. The van der Waals surface area contributed by atoms with Crippen LogP contribution in [0.4, 0.5) is 0 Å². The van der Waals surface area contributed by atoms with Gasteiger partial charge in [-0.3, -0.25) is 9.59 Å². The molecule has 1 saturated heterocycles. The smallest absolute Gasteiger partial charge is 0.190 e. The second-order valence-corrected chi connectivity index (χ2v) is 10.5. The average Bonchev–Trinajstić information content (AvgIpc) is 3.47. The Morgan fingerprint density at radius 3 is 2.91 bits per heavy atom. The van der Waals surface area contributed by atoms with E-state index < -0.39 is 70.8 Å². The molecule has 0 aromatic heterocycles. The van der Waals surface area contributed by atoms with Gasteiger partial charge in [0.1, 0.15) is 17.8 Å². The number of fused-ring (bicyclic) bond motifs is 3. The molecule has 0 radical (unpaired) electrons. The van der Waals surface area contributed by atoms with Crippen LogP contribution in [0.25, 0.3) is 0 Å². The van der Waals surface area contributed by atoms with Crippen LogP contribution in [0.3, 0.4) is 0 Å². The highest BCUT2D eigenvalue weighted by Crippen LogP contribution is 2.76. The Morgan fingerprint density at radius 1 is 1.44 bits per heavy atom. The number of ether oxygens (including phenoxy) is 3. The molecule has 3 saturated carbocycles. The van der Waals surface area contributed by atoms with Gasteiger partial charge in [-0.1, -0.05) is 25.5 Å². The van der Waals surface area contributed by atoms with Crippen molar-refractivity contribution in [1.29, 1.82) is 0 Å². The first-order chi connectivity index (χ1) is 16.9. The van der Waals surface area contributed by atoms with Gasteiger partial charge in [-0.2, -0.15) is 0 Å². The van der Waals surface area contributed by atoms with E-state index in [-0.39, 0.29) is 37.0 Å². The van der Waals surface area contributed by atoms with Crippen molar-refractivity contribution in [3.8, 4) is 0 Å². The van der Waals surface area contributed by atoms with E-state index in [1.807, 2.05) is 6.92 Å². The third kappa shape index (κ3) is 2.61. The molecule has 4 fully saturated rings. The quantitative estimate of drug-likeness (QED) is 0.494. The minimum absolute atomic E-state index is 0.0140. The van der Waals surface area contributed by atoms with E-state index in [1.54, 1.807) is 26.8 Å². The van der Waals surface area contributed by atoms with Crippen LogP contribution in [0.2, 0.25) is 0 Å². The molecule has 32 heavy (non-hydrogen) atoms. The lowest BCUT2D eigenvalue weighted by Gasteiger charge is -2.55. The average molecular weight is 450 g/mol. The van der Waals surface area contributed by atoms with E-state index in [9.17, 15) is 14.7 Å². The maximum atomic E-state index is 13.8. The van der Waals surface area contributed by atoms with Gasteiger partial charge >= 0.3 is 0 Å². The standard InChI is InChI=1S/C26H36O6/c1-6-30-16(3)31-14-21(28)25(29)15(2)11-20-19-8-7-17-12-18(27)9-10-23(17,4)26(19)22(32-26)13-24(20,25)5/h9-10,12,15-16,19-20,22,29H,6-8,11,13-14H2,1-5H3/t15-,16?,19-,20-,22?,23-,24-,25-,26?/m0/s1/i7D2,12D,14D2. The highest BCUT2D eigenvalue weighted by molar-refractivity contribution is 6.01. The number of hydrogen-bond donors (Lipinski definition) is 1. The van der Waals surface area contributed by atoms with Gasteiger partial charge in [0.2, 0.25) is 0 Å². The van der Waals surface area contributed by atoms with E-state index in [4.69, 9.17) is 21.1 Å². The fourth-order valence-electron chi connectivity index (χ4n) is 7.47. The SMILES string of the molecule is [2H]C1=C2C([2H])([2H])C[C@H]3[C@@H]4C[C@H](C)[C@](O)(C(=O)C([2H])([2H])OC(C)OCC)[C@@]4(C)CC4OC43[C@@]2(C)C=CC1=O. The molecule has 0 aromatic rings. The lowest BCUT2D eigenvalue weighted by Crippen LogP contribution is -2.62. The zero-order valence-corrected chi connectivity index (χ0v) is 19.4. The highest BCUT2D eigenvalue weighted by Gasteiger charge is 2.81. The Morgan fingerprint density at radius 2 is 2.19 bits per heavy atom. The van der Waals surface area contributed by atoms with E-state index in [2.05, 4.69) is 0 Å². The molecular weight excluding hydrogens is 408 g/mol. The molecule has 5 rings (SSSR count). The van der Waals surface area contributed by atoms with Crippen LogP contribution in [0.5, 0.6) is 0 Å². The number of carbonyl (C=O) groups excluding carboxylic acids is 2. The predicted octanol–water partition coefficient (Wildman–Crippen LogP) is 3.37. The summed E-state index contributed by atoms with van der Waals surface area (Å²) < 4.78 is 60.0. The van der Waals surface area contributed by atoms with Gasteiger partial charge in [0.15, 0.2) is 17.9 Å². The van der Waals surface area contributed by atoms with Gasteiger partial charge in [-0.15, -0.1) is 0 Å². The molecule has 1 aliphatic heterocycles. The Kier molecular flexibility index (Phi) is 3.79. The minimum Gasteiger partial charge on any atom is -0.381 e. The van der Waals surface area contributed by atoms with Crippen LogP contribution in [0, 0.1) is 28.6 Å². The largest absolute Gasteiger partial charge is 0.381 e. The zero-order chi connectivity index (χ0) is 27.6. The topological polar surface area (TPSA) is 85.4 Å². The van der Waals surface area contributed by atoms with Gasteiger partial charge in [0, 0.05) is 20.2 Å². The Hall–Kier alpha value is -1.34. The maximum Gasteiger partial charge on any atom is 0.190 e. The molecule has 0 amide bonds. The van der Waals surface area contributed by atoms with Crippen LogP contribution in [-0.4, -0.2) is 53.4 Å². The van der Waals surface area contributed by atoms with Crippen molar-refractivity contribution in [3.05, 3.63) is 23.8 Å². The van der Waals surface area contributed by atoms with Crippen LogP contribution in [0.15, 0.2) is 23.8 Å². The van der Waals surface area contributed by atoms with Crippen molar-refractivity contribution < 1.29 is 35.8 Å². The number of rotatable bonds is 6. The predicted molar refractivity (Wildman–Crippen MR) is 118 cm³/mol. The third-order valence-corrected chi connectivity index (χ3v) is 9.13. The molecule has 9 atom stereocenters. The van der Waals surface area contributed by atoms with Crippen molar-refractivity contribution in [2.24, 2.45) is 28.6 Å². The molecule has 6 heteroatoms. The Balaban J connectivity index is 1.56. The van der Waals surface area contributed by atoms with Gasteiger partial charge in [0.25, 0.3) is 0 Å². The lowest BCUT2D eigenvalue weighted by atomic mass is 9.46. The number of allylic oxidation sites excluding steroid dienone is 2. The van der Waals surface area contributed by atoms with Gasteiger partial charge < -0.3 is 19.3 Å². The van der Waals surface area contributed by atoms with Crippen molar-refractivity contribution in [3.63, 3.8) is 0 Å². The molecule has 1 heterocycles. The van der Waals surface area contributed by atoms with Gasteiger partial charge in [0.05, 0.1) is 10.2 Å². The Bertz CT molecular complexity index is 1120.